The molecule has 6 nitrogen and oxygen atoms in total. The highest BCUT2D eigenvalue weighted by Crippen LogP contribution is 2.38. The summed E-state index contributed by atoms with van der Waals surface area (Å²) in [7, 11) is 3.22. The van der Waals surface area contributed by atoms with Gasteiger partial charge in [0.2, 0.25) is 0 Å². The maximum atomic E-state index is 12.8. The van der Waals surface area contributed by atoms with Crippen molar-refractivity contribution in [3.63, 3.8) is 0 Å². The molecule has 0 aromatic heterocycles. The van der Waals surface area contributed by atoms with Crippen molar-refractivity contribution in [2.45, 2.75) is 32.7 Å². The van der Waals surface area contributed by atoms with Gasteiger partial charge in [-0.05, 0) is 68.1 Å². The van der Waals surface area contributed by atoms with Crippen LogP contribution in [0.2, 0.25) is 0 Å². The minimum atomic E-state index is -0.490. The van der Waals surface area contributed by atoms with Gasteiger partial charge in [-0.25, -0.2) is 4.79 Å². The van der Waals surface area contributed by atoms with Crippen molar-refractivity contribution in [1.29, 1.82) is 0 Å². The quantitative estimate of drug-likeness (QED) is 0.693. The molecular weight excluding hydrogens is 370 g/mol. The highest BCUT2D eigenvalue weighted by atomic mass is 16.5. The van der Waals surface area contributed by atoms with Crippen molar-refractivity contribution in [2.75, 3.05) is 27.4 Å². The second-order valence-corrected chi connectivity index (χ2v) is 7.23. The summed E-state index contributed by atoms with van der Waals surface area (Å²) in [4.78, 5) is 26.9. The van der Waals surface area contributed by atoms with Crippen molar-refractivity contribution < 1.29 is 23.8 Å². The zero-order valence-corrected chi connectivity index (χ0v) is 17.4. The zero-order valence-electron chi connectivity index (χ0n) is 17.4. The first-order valence-corrected chi connectivity index (χ1v) is 9.70. The first kappa shape index (κ1) is 20.7. The van der Waals surface area contributed by atoms with E-state index < -0.39 is 5.97 Å². The van der Waals surface area contributed by atoms with E-state index in [1.54, 1.807) is 31.3 Å². The van der Waals surface area contributed by atoms with Crippen molar-refractivity contribution in [3.05, 3.63) is 58.7 Å². The molecule has 29 heavy (non-hydrogen) atoms. The zero-order chi connectivity index (χ0) is 21.0. The van der Waals surface area contributed by atoms with Gasteiger partial charge in [-0.2, -0.15) is 0 Å². The summed E-state index contributed by atoms with van der Waals surface area (Å²) in [6.45, 7) is 4.25. The Kier molecular flexibility index (Phi) is 6.42. The van der Waals surface area contributed by atoms with Gasteiger partial charge < -0.3 is 19.1 Å². The fourth-order valence-corrected chi connectivity index (χ4v) is 3.65. The van der Waals surface area contributed by atoms with Crippen LogP contribution >= 0.6 is 0 Å². The third-order valence-electron chi connectivity index (χ3n) is 5.44. The second-order valence-electron chi connectivity index (χ2n) is 7.23. The van der Waals surface area contributed by atoms with Crippen molar-refractivity contribution in [1.82, 2.24) is 4.90 Å². The predicted octanol–water partition coefficient (Wildman–Crippen LogP) is 3.84. The molecular formula is C23H27NO5. The Morgan fingerprint density at radius 1 is 1.03 bits per heavy atom. The van der Waals surface area contributed by atoms with Crippen LogP contribution in [0.25, 0.3) is 0 Å². The lowest BCUT2D eigenvalue weighted by Gasteiger charge is -2.26. The van der Waals surface area contributed by atoms with Crippen LogP contribution in [-0.4, -0.2) is 44.1 Å². The van der Waals surface area contributed by atoms with E-state index in [1.807, 2.05) is 38.1 Å². The average Bonchev–Trinajstić information content (AvgIpc) is 3.23. The fourth-order valence-electron chi connectivity index (χ4n) is 3.65. The van der Waals surface area contributed by atoms with Gasteiger partial charge >= 0.3 is 5.97 Å². The number of amides is 1. The van der Waals surface area contributed by atoms with E-state index in [0.717, 1.165) is 29.5 Å². The molecule has 1 fully saturated rings. The molecule has 1 saturated heterocycles. The molecule has 0 aliphatic carbocycles. The second kappa shape index (κ2) is 8.99. The van der Waals surface area contributed by atoms with E-state index in [-0.39, 0.29) is 18.6 Å². The topological polar surface area (TPSA) is 65.1 Å². The number of nitrogens with zero attached hydrogens (tertiary/aromatic N) is 1. The van der Waals surface area contributed by atoms with Crippen LogP contribution in [0.4, 0.5) is 0 Å². The number of carbonyl (C=O) groups is 2. The van der Waals surface area contributed by atoms with Crippen LogP contribution < -0.4 is 9.47 Å². The fraction of sp³-hybridized carbons (Fsp3) is 0.391. The first-order valence-electron chi connectivity index (χ1n) is 9.70. The van der Waals surface area contributed by atoms with E-state index in [2.05, 4.69) is 0 Å². The van der Waals surface area contributed by atoms with Gasteiger partial charge in [0.15, 0.2) is 6.61 Å². The van der Waals surface area contributed by atoms with Crippen LogP contribution in [0.1, 0.15) is 45.9 Å². The molecule has 1 aliphatic heterocycles. The van der Waals surface area contributed by atoms with E-state index >= 15 is 0 Å². The summed E-state index contributed by atoms with van der Waals surface area (Å²) in [5.41, 5.74) is 3.46. The predicted molar refractivity (Wildman–Crippen MR) is 109 cm³/mol. The molecule has 0 spiro atoms. The largest absolute Gasteiger partial charge is 0.497 e. The third-order valence-corrected chi connectivity index (χ3v) is 5.44. The molecule has 6 heteroatoms. The molecule has 1 atom stereocenters. The summed E-state index contributed by atoms with van der Waals surface area (Å²) in [6, 6.07) is 10.8. The number of likely N-dealkylation sites (tertiary alicyclic amines) is 1. The summed E-state index contributed by atoms with van der Waals surface area (Å²) >= 11 is 0. The lowest BCUT2D eigenvalue weighted by molar-refractivity contribution is -0.135. The van der Waals surface area contributed by atoms with Gasteiger partial charge in [-0.3, -0.25) is 4.79 Å². The van der Waals surface area contributed by atoms with Gasteiger partial charge in [-0.15, -0.1) is 0 Å². The van der Waals surface area contributed by atoms with Crippen LogP contribution in [0.3, 0.4) is 0 Å². The Hall–Kier alpha value is -3.02. The Balaban J connectivity index is 1.70. The molecule has 3 rings (SSSR count). The molecule has 0 saturated carbocycles. The summed E-state index contributed by atoms with van der Waals surface area (Å²) in [5.74, 6) is 0.717. The Labute approximate surface area is 171 Å². The number of rotatable bonds is 6. The molecule has 1 heterocycles. The Morgan fingerprint density at radius 2 is 1.83 bits per heavy atom. The lowest BCUT2D eigenvalue weighted by Crippen LogP contribution is -2.34. The van der Waals surface area contributed by atoms with Crippen molar-refractivity contribution in [3.8, 4) is 11.5 Å². The molecule has 154 valence electrons. The van der Waals surface area contributed by atoms with Gasteiger partial charge in [-0.1, -0.05) is 6.07 Å². The normalized spacial score (nSPS) is 15.9. The Bertz CT molecular complexity index is 908. The van der Waals surface area contributed by atoms with Gasteiger partial charge in [0.1, 0.15) is 11.5 Å². The highest BCUT2D eigenvalue weighted by molar-refractivity contribution is 5.91. The first-order chi connectivity index (χ1) is 13.9. The monoisotopic (exact) mass is 397 g/mol. The molecule has 0 unspecified atom stereocenters. The number of ether oxygens (including phenoxy) is 3. The maximum Gasteiger partial charge on any atom is 0.338 e. The minimum absolute atomic E-state index is 0.132. The highest BCUT2D eigenvalue weighted by Gasteiger charge is 2.32. The van der Waals surface area contributed by atoms with E-state index in [1.165, 1.54) is 0 Å². The van der Waals surface area contributed by atoms with Crippen LogP contribution in [0.5, 0.6) is 11.5 Å². The van der Waals surface area contributed by atoms with E-state index in [9.17, 15) is 9.59 Å². The SMILES string of the molecule is COc1ccc(OC)c([C@@H]2CCCN2C(=O)COC(=O)c2ccc(C)c(C)c2)c1. The molecule has 2 aromatic carbocycles. The van der Waals surface area contributed by atoms with E-state index in [0.29, 0.717) is 23.6 Å². The number of methoxy groups -OCH3 is 2. The smallest absolute Gasteiger partial charge is 0.338 e. The lowest BCUT2D eigenvalue weighted by atomic mass is 10.0. The number of hydrogen-bond donors (Lipinski definition) is 0. The standard InChI is InChI=1S/C23H27NO5/c1-15-7-8-17(12-16(15)2)23(26)29-14-22(25)24-11-5-6-20(24)19-13-18(27-3)9-10-21(19)28-4/h7-10,12-13,20H,5-6,11,14H2,1-4H3/t20-/m0/s1. The van der Waals surface area contributed by atoms with Crippen LogP contribution in [-0.2, 0) is 9.53 Å². The van der Waals surface area contributed by atoms with Crippen molar-refractivity contribution >= 4 is 11.9 Å². The molecule has 1 amide bonds. The molecule has 2 aromatic rings. The Morgan fingerprint density at radius 3 is 2.52 bits per heavy atom. The summed E-state index contributed by atoms with van der Waals surface area (Å²) in [6.07, 6.45) is 1.70. The number of aryl methyl sites for hydroxylation is 2. The molecule has 0 N–H and O–H groups in total. The van der Waals surface area contributed by atoms with E-state index in [4.69, 9.17) is 14.2 Å². The maximum absolute atomic E-state index is 12.8. The summed E-state index contributed by atoms with van der Waals surface area (Å²) < 4.78 is 16.1. The summed E-state index contributed by atoms with van der Waals surface area (Å²) in [5, 5.41) is 0. The number of benzene rings is 2. The third kappa shape index (κ3) is 4.53. The average molecular weight is 397 g/mol. The van der Waals surface area contributed by atoms with Gasteiger partial charge in [0, 0.05) is 12.1 Å². The molecule has 0 radical (unpaired) electrons. The van der Waals surface area contributed by atoms with Crippen LogP contribution in [0, 0.1) is 13.8 Å². The van der Waals surface area contributed by atoms with Crippen molar-refractivity contribution in [2.24, 2.45) is 0 Å². The number of esters is 1. The van der Waals surface area contributed by atoms with Gasteiger partial charge in [0.25, 0.3) is 5.91 Å². The number of hydrogen-bond acceptors (Lipinski definition) is 5. The number of carbonyl (C=O) groups excluding carboxylic acids is 2. The van der Waals surface area contributed by atoms with Gasteiger partial charge in [0.05, 0.1) is 25.8 Å². The molecule has 1 aliphatic rings. The molecule has 0 bridgehead atoms. The van der Waals surface area contributed by atoms with Crippen LogP contribution in [0.15, 0.2) is 36.4 Å². The minimum Gasteiger partial charge on any atom is -0.497 e.